The second kappa shape index (κ2) is 7.66. The number of rotatable bonds is 6. The van der Waals surface area contributed by atoms with Gasteiger partial charge in [-0.3, -0.25) is 4.79 Å². The van der Waals surface area contributed by atoms with Crippen LogP contribution in [0.5, 0.6) is 5.75 Å². The maximum absolute atomic E-state index is 12.2. The van der Waals surface area contributed by atoms with Crippen LogP contribution in [0.25, 0.3) is 17.2 Å². The van der Waals surface area contributed by atoms with Gasteiger partial charge >= 0.3 is 0 Å². The number of carbonyl (C=O) groups excluding carboxylic acids is 1. The third kappa shape index (κ3) is 4.26. The van der Waals surface area contributed by atoms with Crippen molar-refractivity contribution in [3.05, 3.63) is 66.1 Å². The number of ether oxygens (including phenoxy) is 1. The van der Waals surface area contributed by atoms with Crippen LogP contribution >= 0.6 is 0 Å². The van der Waals surface area contributed by atoms with Crippen molar-refractivity contribution in [2.75, 3.05) is 20.2 Å². The molecule has 3 rings (SSSR count). The summed E-state index contributed by atoms with van der Waals surface area (Å²) in [4.78, 5) is 18.1. The monoisotopic (exact) mass is 336 g/mol. The van der Waals surface area contributed by atoms with Crippen molar-refractivity contribution in [3.8, 4) is 5.75 Å². The topological polar surface area (TPSA) is 55.6 Å². The summed E-state index contributed by atoms with van der Waals surface area (Å²) in [6.45, 7) is 2.92. The van der Waals surface area contributed by atoms with Crippen LogP contribution in [0.2, 0.25) is 0 Å². The number of amides is 1. The van der Waals surface area contributed by atoms with E-state index < -0.39 is 0 Å². The fraction of sp³-hybridized carbons (Fsp3) is 0.200. The average Bonchev–Trinajstić information content (AvgIpc) is 3.04. The average molecular weight is 336 g/mol. The van der Waals surface area contributed by atoms with Gasteiger partial charge in [-0.25, -0.2) is 4.98 Å². The van der Waals surface area contributed by atoms with Gasteiger partial charge in [0.15, 0.2) is 5.58 Å². The molecule has 0 radical (unpaired) electrons. The first-order valence-corrected chi connectivity index (χ1v) is 8.10. The number of benzene rings is 2. The molecule has 0 bridgehead atoms. The maximum atomic E-state index is 12.2. The number of para-hydroxylation sites is 3. The molecule has 0 aliphatic rings. The molecule has 128 valence electrons. The van der Waals surface area contributed by atoms with Gasteiger partial charge < -0.3 is 14.1 Å². The number of hydrogen-bond donors (Lipinski definition) is 0. The molecule has 0 fully saturated rings. The maximum Gasteiger partial charge on any atom is 0.246 e. The van der Waals surface area contributed by atoms with Gasteiger partial charge in [0.05, 0.1) is 6.54 Å². The molecular weight excluding hydrogens is 316 g/mol. The van der Waals surface area contributed by atoms with Crippen LogP contribution in [0.1, 0.15) is 11.5 Å². The van der Waals surface area contributed by atoms with Gasteiger partial charge in [-0.2, -0.15) is 0 Å². The lowest BCUT2D eigenvalue weighted by Gasteiger charge is -2.16. The van der Waals surface area contributed by atoms with Gasteiger partial charge in [-0.1, -0.05) is 30.3 Å². The smallest absolute Gasteiger partial charge is 0.246 e. The Morgan fingerprint density at radius 3 is 2.76 bits per heavy atom. The zero-order chi connectivity index (χ0) is 17.6. The van der Waals surface area contributed by atoms with Crippen LogP contribution in [-0.2, 0) is 4.79 Å². The molecule has 5 nitrogen and oxygen atoms in total. The van der Waals surface area contributed by atoms with Gasteiger partial charge in [-0.15, -0.1) is 0 Å². The molecular formula is C20H20N2O3. The first-order valence-electron chi connectivity index (χ1n) is 8.10. The largest absolute Gasteiger partial charge is 0.491 e. The van der Waals surface area contributed by atoms with E-state index in [0.717, 1.165) is 16.8 Å². The summed E-state index contributed by atoms with van der Waals surface area (Å²) in [5.74, 6) is 1.13. The highest BCUT2D eigenvalue weighted by Crippen LogP contribution is 2.16. The molecule has 25 heavy (non-hydrogen) atoms. The standard InChI is InChI=1S/C20H20N2O3/c1-15-7-3-5-9-17(15)24-14-13-22(2)20(23)12-11-19-21-16-8-4-6-10-18(16)25-19/h3-12H,13-14H2,1-2H3/b12-11+. The Morgan fingerprint density at radius 2 is 1.96 bits per heavy atom. The third-order valence-corrected chi connectivity index (χ3v) is 3.83. The van der Waals surface area contributed by atoms with Crippen LogP contribution in [-0.4, -0.2) is 36.0 Å². The summed E-state index contributed by atoms with van der Waals surface area (Å²) < 4.78 is 11.3. The number of aromatic nitrogens is 1. The van der Waals surface area contributed by atoms with Crippen LogP contribution in [0, 0.1) is 6.92 Å². The lowest BCUT2D eigenvalue weighted by molar-refractivity contribution is -0.125. The van der Waals surface area contributed by atoms with E-state index in [1.54, 1.807) is 18.0 Å². The Balaban J connectivity index is 1.52. The van der Waals surface area contributed by atoms with Crippen LogP contribution in [0.4, 0.5) is 0 Å². The van der Waals surface area contributed by atoms with Crippen LogP contribution in [0.15, 0.2) is 59.0 Å². The molecule has 0 aliphatic carbocycles. The molecule has 5 heteroatoms. The van der Waals surface area contributed by atoms with Gasteiger partial charge in [0.2, 0.25) is 11.8 Å². The fourth-order valence-corrected chi connectivity index (χ4v) is 2.35. The highest BCUT2D eigenvalue weighted by Gasteiger charge is 2.07. The lowest BCUT2D eigenvalue weighted by atomic mass is 10.2. The molecule has 1 heterocycles. The second-order valence-corrected chi connectivity index (χ2v) is 5.73. The van der Waals surface area contributed by atoms with Crippen molar-refractivity contribution in [3.63, 3.8) is 0 Å². The Kier molecular flexibility index (Phi) is 5.14. The highest BCUT2D eigenvalue weighted by atomic mass is 16.5. The predicted molar refractivity (Wildman–Crippen MR) is 97.4 cm³/mol. The van der Waals surface area contributed by atoms with Crippen LogP contribution < -0.4 is 4.74 Å². The van der Waals surface area contributed by atoms with Gasteiger partial charge in [0.1, 0.15) is 17.9 Å². The summed E-state index contributed by atoms with van der Waals surface area (Å²) in [7, 11) is 1.74. The molecule has 0 unspecified atom stereocenters. The minimum absolute atomic E-state index is 0.129. The quantitative estimate of drug-likeness (QED) is 0.644. The zero-order valence-corrected chi connectivity index (χ0v) is 14.3. The minimum Gasteiger partial charge on any atom is -0.491 e. The van der Waals surface area contributed by atoms with Crippen molar-refractivity contribution in [1.82, 2.24) is 9.88 Å². The van der Waals surface area contributed by atoms with Crippen molar-refractivity contribution in [1.29, 1.82) is 0 Å². The molecule has 1 amide bonds. The number of carbonyl (C=O) groups is 1. The molecule has 2 aromatic carbocycles. The molecule has 3 aromatic rings. The van der Waals surface area contributed by atoms with E-state index in [1.807, 2.05) is 55.5 Å². The van der Waals surface area contributed by atoms with Crippen molar-refractivity contribution < 1.29 is 13.9 Å². The van der Waals surface area contributed by atoms with Crippen molar-refractivity contribution in [2.24, 2.45) is 0 Å². The summed E-state index contributed by atoms with van der Waals surface area (Å²) in [6.07, 6.45) is 3.04. The number of likely N-dealkylation sites (N-methyl/N-ethyl adjacent to an activating group) is 1. The van der Waals surface area contributed by atoms with E-state index in [2.05, 4.69) is 4.98 Å². The van der Waals surface area contributed by atoms with Crippen molar-refractivity contribution in [2.45, 2.75) is 6.92 Å². The Bertz CT molecular complexity index is 866. The van der Waals surface area contributed by atoms with E-state index in [-0.39, 0.29) is 5.91 Å². The first-order chi connectivity index (χ1) is 12.1. The molecule has 0 saturated carbocycles. The number of oxazole rings is 1. The van der Waals surface area contributed by atoms with E-state index in [9.17, 15) is 4.79 Å². The SMILES string of the molecule is Cc1ccccc1OCCN(C)C(=O)/C=C/c1nc2ccccc2o1. The number of hydrogen-bond acceptors (Lipinski definition) is 4. The molecule has 0 N–H and O–H groups in total. The normalized spacial score (nSPS) is 11.1. The Hall–Kier alpha value is -3.08. The lowest BCUT2D eigenvalue weighted by Crippen LogP contribution is -2.29. The molecule has 1 aromatic heterocycles. The van der Waals surface area contributed by atoms with E-state index in [4.69, 9.17) is 9.15 Å². The molecule has 0 saturated heterocycles. The molecule has 0 atom stereocenters. The van der Waals surface area contributed by atoms with Crippen LogP contribution in [0.3, 0.4) is 0 Å². The zero-order valence-electron chi connectivity index (χ0n) is 14.3. The molecule has 0 spiro atoms. The van der Waals surface area contributed by atoms with Gasteiger partial charge in [0, 0.05) is 19.2 Å². The summed E-state index contributed by atoms with van der Waals surface area (Å²) in [6, 6.07) is 15.3. The van der Waals surface area contributed by atoms with Gasteiger partial charge in [-0.05, 0) is 30.7 Å². The summed E-state index contributed by atoms with van der Waals surface area (Å²) in [5.41, 5.74) is 2.55. The van der Waals surface area contributed by atoms with Gasteiger partial charge in [0.25, 0.3) is 0 Å². The Morgan fingerprint density at radius 1 is 1.20 bits per heavy atom. The first kappa shape index (κ1) is 16.8. The van der Waals surface area contributed by atoms with Crippen molar-refractivity contribution >= 4 is 23.1 Å². The summed E-state index contributed by atoms with van der Waals surface area (Å²) >= 11 is 0. The minimum atomic E-state index is -0.129. The number of fused-ring (bicyclic) bond motifs is 1. The van der Waals surface area contributed by atoms with E-state index >= 15 is 0 Å². The summed E-state index contributed by atoms with van der Waals surface area (Å²) in [5, 5.41) is 0. The van der Waals surface area contributed by atoms with E-state index in [1.165, 1.54) is 6.08 Å². The molecule has 0 aliphatic heterocycles. The highest BCUT2D eigenvalue weighted by molar-refractivity contribution is 5.91. The van der Waals surface area contributed by atoms with E-state index in [0.29, 0.717) is 24.6 Å². The third-order valence-electron chi connectivity index (χ3n) is 3.83. The second-order valence-electron chi connectivity index (χ2n) is 5.73. The fourth-order valence-electron chi connectivity index (χ4n) is 2.35. The number of aryl methyl sites for hydroxylation is 1. The predicted octanol–water partition coefficient (Wildman–Crippen LogP) is 3.69. The number of nitrogens with zero attached hydrogens (tertiary/aromatic N) is 2. The Labute approximate surface area is 146 Å².